The molecule has 1 atom stereocenters. The van der Waals surface area contributed by atoms with Crippen LogP contribution in [0.4, 0.5) is 5.82 Å². The number of anilines is 1. The third kappa shape index (κ3) is 3.54. The van der Waals surface area contributed by atoms with E-state index in [9.17, 15) is 4.79 Å². The summed E-state index contributed by atoms with van der Waals surface area (Å²) in [5.41, 5.74) is 1.47. The van der Waals surface area contributed by atoms with Gasteiger partial charge in [-0.25, -0.2) is 9.97 Å². The molecule has 162 valence electrons. The number of hydrogen-bond acceptors (Lipinski definition) is 7. The number of rotatable bonds is 3. The molecule has 1 aliphatic carbocycles. The molecule has 3 aromatic heterocycles. The minimum absolute atomic E-state index is 0.164. The molecule has 6 nitrogen and oxygen atoms in total. The number of amides is 1. The summed E-state index contributed by atoms with van der Waals surface area (Å²) in [4.78, 5) is 30.9. The molecule has 5 heterocycles. The Morgan fingerprint density at radius 2 is 1.97 bits per heavy atom. The monoisotopic (exact) mass is 454 g/mol. The van der Waals surface area contributed by atoms with Crippen molar-refractivity contribution in [3.05, 3.63) is 28.0 Å². The number of carbonyl (C=O) groups excluding carboxylic acids is 1. The van der Waals surface area contributed by atoms with Crippen LogP contribution in [-0.4, -0.2) is 59.7 Å². The largest absolute Gasteiger partial charge is 0.368 e. The van der Waals surface area contributed by atoms with Gasteiger partial charge in [0.25, 0.3) is 5.91 Å². The molecule has 2 aliphatic heterocycles. The lowest BCUT2D eigenvalue weighted by atomic mass is 9.97. The average Bonchev–Trinajstić information content (AvgIpc) is 3.58. The van der Waals surface area contributed by atoms with Crippen LogP contribution in [0.25, 0.3) is 20.9 Å². The van der Waals surface area contributed by atoms with Crippen LogP contribution in [0.2, 0.25) is 0 Å². The molecule has 0 unspecified atom stereocenters. The zero-order valence-corrected chi connectivity index (χ0v) is 19.1. The first-order valence-electron chi connectivity index (χ1n) is 11.3. The fourth-order valence-electron chi connectivity index (χ4n) is 5.00. The molecule has 0 aromatic carbocycles. The van der Waals surface area contributed by atoms with E-state index >= 15 is 0 Å². The van der Waals surface area contributed by atoms with Crippen molar-refractivity contribution < 1.29 is 9.53 Å². The number of piperazine rings is 1. The van der Waals surface area contributed by atoms with Gasteiger partial charge in [0.05, 0.1) is 10.3 Å². The normalized spacial score (nSPS) is 21.6. The lowest BCUT2D eigenvalue weighted by Crippen LogP contribution is -2.51. The van der Waals surface area contributed by atoms with E-state index in [1.807, 2.05) is 16.2 Å². The van der Waals surface area contributed by atoms with Gasteiger partial charge in [0.2, 0.25) is 0 Å². The number of ether oxygens (including phenoxy) is 1. The van der Waals surface area contributed by atoms with Gasteiger partial charge >= 0.3 is 0 Å². The molecular weight excluding hydrogens is 428 g/mol. The van der Waals surface area contributed by atoms with Crippen LogP contribution in [-0.2, 0) is 22.4 Å². The SMILES string of the molecule is O=C([C@@H]1CCCO1)N1CCN(c2nc(-c3cccs3)nc3sc4c(c23)CCCC4)CC1. The van der Waals surface area contributed by atoms with E-state index in [0.29, 0.717) is 6.61 Å². The molecule has 0 saturated carbocycles. The molecule has 2 saturated heterocycles. The van der Waals surface area contributed by atoms with E-state index in [0.717, 1.165) is 73.2 Å². The summed E-state index contributed by atoms with van der Waals surface area (Å²) < 4.78 is 5.62. The van der Waals surface area contributed by atoms with Gasteiger partial charge in [0.15, 0.2) is 5.82 Å². The van der Waals surface area contributed by atoms with Crippen molar-refractivity contribution in [2.24, 2.45) is 0 Å². The highest BCUT2D eigenvalue weighted by atomic mass is 32.1. The Morgan fingerprint density at radius 1 is 1.10 bits per heavy atom. The lowest BCUT2D eigenvalue weighted by Gasteiger charge is -2.36. The van der Waals surface area contributed by atoms with Gasteiger partial charge < -0.3 is 14.5 Å². The Bertz CT molecular complexity index is 1100. The molecule has 0 bridgehead atoms. The Labute approximate surface area is 189 Å². The first kappa shape index (κ1) is 19.6. The summed E-state index contributed by atoms with van der Waals surface area (Å²) in [6, 6.07) is 4.16. The van der Waals surface area contributed by atoms with E-state index in [2.05, 4.69) is 22.4 Å². The van der Waals surface area contributed by atoms with E-state index in [-0.39, 0.29) is 12.0 Å². The number of nitrogens with zero attached hydrogens (tertiary/aromatic N) is 4. The zero-order valence-electron chi connectivity index (χ0n) is 17.5. The number of hydrogen-bond donors (Lipinski definition) is 0. The molecular formula is C23H26N4O2S2. The maximum Gasteiger partial charge on any atom is 0.251 e. The van der Waals surface area contributed by atoms with Gasteiger partial charge in [-0.2, -0.15) is 0 Å². The number of aromatic nitrogens is 2. The van der Waals surface area contributed by atoms with Crippen molar-refractivity contribution in [2.75, 3.05) is 37.7 Å². The second kappa shape index (κ2) is 8.15. The minimum atomic E-state index is -0.230. The topological polar surface area (TPSA) is 58.6 Å². The van der Waals surface area contributed by atoms with Gasteiger partial charge in [-0.3, -0.25) is 4.79 Å². The van der Waals surface area contributed by atoms with Crippen LogP contribution < -0.4 is 4.90 Å². The Kier molecular flexibility index (Phi) is 5.16. The summed E-state index contributed by atoms with van der Waals surface area (Å²) in [7, 11) is 0. The third-order valence-electron chi connectivity index (χ3n) is 6.63. The predicted octanol–water partition coefficient (Wildman–Crippen LogP) is 4.13. The predicted molar refractivity (Wildman–Crippen MR) is 125 cm³/mol. The Morgan fingerprint density at radius 3 is 2.74 bits per heavy atom. The van der Waals surface area contributed by atoms with Crippen LogP contribution >= 0.6 is 22.7 Å². The number of aryl methyl sites for hydroxylation is 2. The zero-order chi connectivity index (χ0) is 20.8. The fraction of sp³-hybridized carbons (Fsp3) is 0.522. The molecule has 2 fully saturated rings. The highest BCUT2D eigenvalue weighted by Crippen LogP contribution is 2.41. The van der Waals surface area contributed by atoms with Crippen molar-refractivity contribution in [3.63, 3.8) is 0 Å². The van der Waals surface area contributed by atoms with Gasteiger partial charge in [-0.15, -0.1) is 22.7 Å². The summed E-state index contributed by atoms with van der Waals surface area (Å²) in [5, 5.41) is 3.34. The molecule has 0 radical (unpaired) electrons. The average molecular weight is 455 g/mol. The highest BCUT2D eigenvalue weighted by Gasteiger charge is 2.32. The molecule has 0 N–H and O–H groups in total. The highest BCUT2D eigenvalue weighted by molar-refractivity contribution is 7.19. The lowest BCUT2D eigenvalue weighted by molar-refractivity contribution is -0.141. The molecule has 8 heteroatoms. The molecule has 6 rings (SSSR count). The van der Waals surface area contributed by atoms with Gasteiger partial charge in [0, 0.05) is 37.7 Å². The standard InChI is InChI=1S/C23H26N4O2S2/c28-23(16-6-3-13-29-16)27-11-9-26(10-12-27)21-19-15-5-1-2-7-17(15)31-22(19)25-20(24-21)18-8-4-14-30-18/h4,8,14,16H,1-3,5-7,9-13H2/t16-/m0/s1. The maximum absolute atomic E-state index is 12.8. The molecule has 1 amide bonds. The minimum Gasteiger partial charge on any atom is -0.368 e. The first-order chi connectivity index (χ1) is 15.3. The number of thiophene rings is 2. The fourth-order valence-corrected chi connectivity index (χ4v) is 6.91. The van der Waals surface area contributed by atoms with Crippen molar-refractivity contribution in [1.82, 2.24) is 14.9 Å². The van der Waals surface area contributed by atoms with E-state index in [1.54, 1.807) is 11.3 Å². The molecule has 31 heavy (non-hydrogen) atoms. The van der Waals surface area contributed by atoms with Crippen LogP contribution in [0.1, 0.15) is 36.1 Å². The number of carbonyl (C=O) groups is 1. The van der Waals surface area contributed by atoms with E-state index < -0.39 is 0 Å². The summed E-state index contributed by atoms with van der Waals surface area (Å²) >= 11 is 3.54. The van der Waals surface area contributed by atoms with Crippen molar-refractivity contribution in [2.45, 2.75) is 44.6 Å². The second-order valence-electron chi connectivity index (χ2n) is 8.55. The molecule has 3 aromatic rings. The maximum atomic E-state index is 12.8. The smallest absolute Gasteiger partial charge is 0.251 e. The van der Waals surface area contributed by atoms with Gasteiger partial charge in [-0.05, 0) is 55.5 Å². The second-order valence-corrected chi connectivity index (χ2v) is 10.6. The van der Waals surface area contributed by atoms with Gasteiger partial charge in [0.1, 0.15) is 16.8 Å². The van der Waals surface area contributed by atoms with Gasteiger partial charge in [-0.1, -0.05) is 6.07 Å². The van der Waals surface area contributed by atoms with Crippen LogP contribution in [0, 0.1) is 0 Å². The first-order valence-corrected chi connectivity index (χ1v) is 13.0. The summed E-state index contributed by atoms with van der Waals surface area (Å²) in [5.74, 6) is 2.06. The summed E-state index contributed by atoms with van der Waals surface area (Å²) in [6.07, 6.45) is 6.42. The van der Waals surface area contributed by atoms with E-state index in [4.69, 9.17) is 14.7 Å². The molecule has 0 spiro atoms. The van der Waals surface area contributed by atoms with Crippen molar-refractivity contribution in [1.29, 1.82) is 0 Å². The molecule has 3 aliphatic rings. The Balaban J connectivity index is 1.34. The van der Waals surface area contributed by atoms with Crippen molar-refractivity contribution >= 4 is 44.6 Å². The third-order valence-corrected chi connectivity index (χ3v) is 8.68. The summed E-state index contributed by atoms with van der Waals surface area (Å²) in [6.45, 7) is 3.78. The quantitative estimate of drug-likeness (QED) is 0.596. The van der Waals surface area contributed by atoms with Crippen molar-refractivity contribution in [3.8, 4) is 10.7 Å². The number of fused-ring (bicyclic) bond motifs is 3. The van der Waals surface area contributed by atoms with Crippen LogP contribution in [0.15, 0.2) is 17.5 Å². The van der Waals surface area contributed by atoms with Crippen LogP contribution in [0.3, 0.4) is 0 Å². The van der Waals surface area contributed by atoms with Crippen LogP contribution in [0.5, 0.6) is 0 Å². The van der Waals surface area contributed by atoms with E-state index in [1.165, 1.54) is 28.7 Å². The Hall–Kier alpha value is -2.03.